The summed E-state index contributed by atoms with van der Waals surface area (Å²) in [5, 5.41) is 6.41. The van der Waals surface area contributed by atoms with Crippen LogP contribution in [0.15, 0.2) is 28.8 Å². The highest BCUT2D eigenvalue weighted by Gasteiger charge is 2.31. The Morgan fingerprint density at radius 1 is 1.29 bits per heavy atom. The SMILES string of the molecule is CC(C)CC(=O)N[C@H](C)c1nc(-c2cccc(C(F)(F)F)c2)no1. The molecule has 1 heterocycles. The molecule has 0 aliphatic heterocycles. The summed E-state index contributed by atoms with van der Waals surface area (Å²) in [6.07, 6.45) is -4.08. The maximum Gasteiger partial charge on any atom is 0.416 e. The molecule has 130 valence electrons. The minimum atomic E-state index is -4.44. The van der Waals surface area contributed by atoms with Crippen molar-refractivity contribution >= 4 is 5.91 Å². The number of carbonyl (C=O) groups is 1. The number of nitrogens with zero attached hydrogens (tertiary/aromatic N) is 2. The van der Waals surface area contributed by atoms with Crippen LogP contribution in [0.25, 0.3) is 11.4 Å². The smallest absolute Gasteiger partial charge is 0.345 e. The van der Waals surface area contributed by atoms with Gasteiger partial charge < -0.3 is 9.84 Å². The van der Waals surface area contributed by atoms with Gasteiger partial charge in [-0.25, -0.2) is 0 Å². The van der Waals surface area contributed by atoms with Gasteiger partial charge in [0.05, 0.1) is 5.56 Å². The fraction of sp³-hybridized carbons (Fsp3) is 0.438. The number of hydrogen-bond donors (Lipinski definition) is 1. The minimum absolute atomic E-state index is 0.0426. The normalized spacial score (nSPS) is 13.1. The first-order valence-corrected chi connectivity index (χ1v) is 7.47. The van der Waals surface area contributed by atoms with Crippen LogP contribution in [0.5, 0.6) is 0 Å². The Hall–Kier alpha value is -2.38. The summed E-state index contributed by atoms with van der Waals surface area (Å²) < 4.78 is 43.3. The number of benzene rings is 1. The number of halogens is 3. The molecule has 0 radical (unpaired) electrons. The number of alkyl halides is 3. The van der Waals surface area contributed by atoms with Crippen molar-refractivity contribution in [2.75, 3.05) is 0 Å². The molecule has 0 bridgehead atoms. The highest BCUT2D eigenvalue weighted by Crippen LogP contribution is 2.31. The van der Waals surface area contributed by atoms with E-state index in [1.165, 1.54) is 12.1 Å². The van der Waals surface area contributed by atoms with E-state index in [2.05, 4.69) is 15.5 Å². The van der Waals surface area contributed by atoms with E-state index < -0.39 is 17.8 Å². The van der Waals surface area contributed by atoms with Gasteiger partial charge in [-0.15, -0.1) is 0 Å². The van der Waals surface area contributed by atoms with Gasteiger partial charge in [0.1, 0.15) is 6.04 Å². The number of rotatable bonds is 5. The zero-order valence-corrected chi connectivity index (χ0v) is 13.5. The van der Waals surface area contributed by atoms with Gasteiger partial charge in [0, 0.05) is 12.0 Å². The Kier molecular flexibility index (Phi) is 5.26. The molecule has 1 aromatic heterocycles. The largest absolute Gasteiger partial charge is 0.416 e. The Morgan fingerprint density at radius 3 is 2.62 bits per heavy atom. The van der Waals surface area contributed by atoms with E-state index >= 15 is 0 Å². The molecular formula is C16H18F3N3O2. The number of carbonyl (C=O) groups excluding carboxylic acids is 1. The molecular weight excluding hydrogens is 323 g/mol. The lowest BCUT2D eigenvalue weighted by molar-refractivity contribution is -0.137. The predicted molar refractivity (Wildman–Crippen MR) is 80.7 cm³/mol. The van der Waals surface area contributed by atoms with E-state index in [0.717, 1.165) is 12.1 Å². The summed E-state index contributed by atoms with van der Waals surface area (Å²) in [4.78, 5) is 15.8. The van der Waals surface area contributed by atoms with Gasteiger partial charge in [-0.1, -0.05) is 31.1 Å². The van der Waals surface area contributed by atoms with Crippen molar-refractivity contribution in [1.82, 2.24) is 15.5 Å². The molecule has 0 aliphatic carbocycles. The first kappa shape index (κ1) is 18.0. The van der Waals surface area contributed by atoms with E-state index in [4.69, 9.17) is 4.52 Å². The van der Waals surface area contributed by atoms with Gasteiger partial charge in [-0.2, -0.15) is 18.2 Å². The summed E-state index contributed by atoms with van der Waals surface area (Å²) in [7, 11) is 0. The molecule has 24 heavy (non-hydrogen) atoms. The number of amides is 1. The average molecular weight is 341 g/mol. The summed E-state index contributed by atoms with van der Waals surface area (Å²) in [5.41, 5.74) is -0.592. The van der Waals surface area contributed by atoms with Crippen molar-refractivity contribution in [3.05, 3.63) is 35.7 Å². The van der Waals surface area contributed by atoms with Crippen LogP contribution < -0.4 is 5.32 Å². The van der Waals surface area contributed by atoms with E-state index in [9.17, 15) is 18.0 Å². The van der Waals surface area contributed by atoms with Crippen molar-refractivity contribution in [1.29, 1.82) is 0 Å². The average Bonchev–Trinajstić information content (AvgIpc) is 2.95. The molecule has 0 spiro atoms. The molecule has 1 N–H and O–H groups in total. The second-order valence-electron chi connectivity index (χ2n) is 5.92. The van der Waals surface area contributed by atoms with Gasteiger partial charge in [-0.05, 0) is 25.0 Å². The fourth-order valence-electron chi connectivity index (χ4n) is 2.10. The van der Waals surface area contributed by atoms with Crippen LogP contribution in [-0.2, 0) is 11.0 Å². The molecule has 8 heteroatoms. The lowest BCUT2D eigenvalue weighted by Gasteiger charge is -2.10. The zero-order valence-electron chi connectivity index (χ0n) is 13.5. The van der Waals surface area contributed by atoms with Gasteiger partial charge in [0.2, 0.25) is 17.6 Å². The summed E-state index contributed by atoms with van der Waals surface area (Å²) in [6.45, 7) is 5.51. The van der Waals surface area contributed by atoms with E-state index in [1.54, 1.807) is 6.92 Å². The van der Waals surface area contributed by atoms with Crippen LogP contribution >= 0.6 is 0 Å². The Bertz CT molecular complexity index is 711. The third-order valence-corrected chi connectivity index (χ3v) is 3.23. The van der Waals surface area contributed by atoms with Gasteiger partial charge in [0.25, 0.3) is 0 Å². The van der Waals surface area contributed by atoms with Crippen molar-refractivity contribution in [3.63, 3.8) is 0 Å². The number of aromatic nitrogens is 2. The van der Waals surface area contributed by atoms with Crippen LogP contribution in [0.4, 0.5) is 13.2 Å². The lowest BCUT2D eigenvalue weighted by Crippen LogP contribution is -2.27. The predicted octanol–water partition coefficient (Wildman–Crippen LogP) is 3.98. The second-order valence-corrected chi connectivity index (χ2v) is 5.92. The molecule has 0 fully saturated rings. The molecule has 2 rings (SSSR count). The van der Waals surface area contributed by atoms with Crippen molar-refractivity contribution in [2.24, 2.45) is 5.92 Å². The molecule has 0 unspecified atom stereocenters. The van der Waals surface area contributed by atoms with E-state index in [-0.39, 0.29) is 29.1 Å². The Labute approximate surface area is 137 Å². The number of nitrogens with one attached hydrogen (secondary N) is 1. The highest BCUT2D eigenvalue weighted by molar-refractivity contribution is 5.76. The standard InChI is InChI=1S/C16H18F3N3O2/c1-9(2)7-13(23)20-10(3)15-21-14(22-24-15)11-5-4-6-12(8-11)16(17,18)19/h4-6,8-10H,7H2,1-3H3,(H,20,23)/t10-/m1/s1. The first-order valence-electron chi connectivity index (χ1n) is 7.47. The topological polar surface area (TPSA) is 68.0 Å². The Balaban J connectivity index is 2.14. The molecule has 0 aliphatic rings. The lowest BCUT2D eigenvalue weighted by atomic mass is 10.1. The molecule has 1 amide bonds. The van der Waals surface area contributed by atoms with Crippen molar-refractivity contribution in [2.45, 2.75) is 39.4 Å². The van der Waals surface area contributed by atoms with Crippen LogP contribution in [-0.4, -0.2) is 16.0 Å². The van der Waals surface area contributed by atoms with E-state index in [1.807, 2.05) is 13.8 Å². The minimum Gasteiger partial charge on any atom is -0.345 e. The molecule has 0 saturated heterocycles. The molecule has 1 aromatic carbocycles. The first-order chi connectivity index (χ1) is 11.2. The summed E-state index contributed by atoms with van der Waals surface area (Å²) in [6, 6.07) is 4.15. The fourth-order valence-corrected chi connectivity index (χ4v) is 2.10. The van der Waals surface area contributed by atoms with E-state index in [0.29, 0.717) is 6.42 Å². The number of hydrogen-bond acceptors (Lipinski definition) is 4. The highest BCUT2D eigenvalue weighted by atomic mass is 19.4. The summed E-state index contributed by atoms with van der Waals surface area (Å²) >= 11 is 0. The van der Waals surface area contributed by atoms with Gasteiger partial charge >= 0.3 is 6.18 Å². The maximum absolute atomic E-state index is 12.8. The van der Waals surface area contributed by atoms with Crippen LogP contribution in [0.3, 0.4) is 0 Å². The second kappa shape index (κ2) is 7.02. The van der Waals surface area contributed by atoms with Crippen molar-refractivity contribution in [3.8, 4) is 11.4 Å². The Morgan fingerprint density at radius 2 is 2.00 bits per heavy atom. The molecule has 1 atom stereocenters. The maximum atomic E-state index is 12.8. The van der Waals surface area contributed by atoms with Crippen LogP contribution in [0.2, 0.25) is 0 Å². The van der Waals surface area contributed by atoms with Crippen LogP contribution in [0.1, 0.15) is 44.7 Å². The third kappa shape index (κ3) is 4.56. The van der Waals surface area contributed by atoms with Crippen LogP contribution in [0, 0.1) is 5.92 Å². The van der Waals surface area contributed by atoms with Gasteiger partial charge in [0.15, 0.2) is 0 Å². The summed E-state index contributed by atoms with van der Waals surface area (Å²) in [5.74, 6) is 0.234. The molecule has 0 saturated carbocycles. The monoisotopic (exact) mass is 341 g/mol. The van der Waals surface area contributed by atoms with Crippen molar-refractivity contribution < 1.29 is 22.5 Å². The molecule has 5 nitrogen and oxygen atoms in total. The quantitative estimate of drug-likeness (QED) is 0.893. The van der Waals surface area contributed by atoms with Gasteiger partial charge in [-0.3, -0.25) is 4.79 Å². The zero-order chi connectivity index (χ0) is 17.9. The third-order valence-electron chi connectivity index (χ3n) is 3.23. The molecule has 2 aromatic rings.